The molecule has 0 aromatic heterocycles. The van der Waals surface area contributed by atoms with Gasteiger partial charge in [-0.2, -0.15) is 0 Å². The number of aliphatic carboxylic acids is 1. The quantitative estimate of drug-likeness (QED) is 0.737. The van der Waals surface area contributed by atoms with Crippen molar-refractivity contribution in [2.45, 2.75) is 19.4 Å². The summed E-state index contributed by atoms with van der Waals surface area (Å²) in [5.74, 6) is -2.58. The van der Waals surface area contributed by atoms with E-state index in [9.17, 15) is 14.0 Å². The molecule has 1 aromatic carbocycles. The fourth-order valence-electron chi connectivity index (χ4n) is 1.16. The first-order chi connectivity index (χ1) is 7.74. The number of primary amides is 1. The van der Waals surface area contributed by atoms with Gasteiger partial charge in [0.1, 0.15) is 11.4 Å². The molecular formula is C11H13FN2O3. The smallest absolute Gasteiger partial charge is 0.328 e. The van der Waals surface area contributed by atoms with Gasteiger partial charge in [0, 0.05) is 5.56 Å². The number of hydrogen-bond donors (Lipinski definition) is 3. The van der Waals surface area contributed by atoms with Crippen LogP contribution in [-0.4, -0.2) is 22.5 Å². The standard InChI is InChI=1S/C11H13FN2O3/c1-11(2,10(16)17)14-8-4-3-6(9(13)15)5-7(8)12/h3-5,14H,1-2H3,(H2,13,15)(H,16,17). The van der Waals surface area contributed by atoms with Crippen molar-refractivity contribution < 1.29 is 19.1 Å². The van der Waals surface area contributed by atoms with Gasteiger partial charge in [-0.1, -0.05) is 0 Å². The molecule has 0 saturated carbocycles. The highest BCUT2D eigenvalue weighted by atomic mass is 19.1. The molecule has 0 bridgehead atoms. The van der Waals surface area contributed by atoms with Gasteiger partial charge >= 0.3 is 5.97 Å². The lowest BCUT2D eigenvalue weighted by Gasteiger charge is -2.22. The van der Waals surface area contributed by atoms with Crippen LogP contribution < -0.4 is 11.1 Å². The van der Waals surface area contributed by atoms with E-state index in [2.05, 4.69) is 5.32 Å². The maximum absolute atomic E-state index is 13.5. The molecule has 0 spiro atoms. The Bertz CT molecular complexity index is 472. The number of halogens is 1. The van der Waals surface area contributed by atoms with Crippen LogP contribution in [0.2, 0.25) is 0 Å². The molecule has 0 aliphatic heterocycles. The number of nitrogens with two attached hydrogens (primary N) is 1. The van der Waals surface area contributed by atoms with Crippen molar-refractivity contribution in [2.75, 3.05) is 5.32 Å². The first-order valence-corrected chi connectivity index (χ1v) is 4.85. The molecule has 0 saturated heterocycles. The predicted octanol–water partition coefficient (Wildman–Crippen LogP) is 1.20. The summed E-state index contributed by atoms with van der Waals surface area (Å²) >= 11 is 0. The molecule has 0 atom stereocenters. The van der Waals surface area contributed by atoms with E-state index >= 15 is 0 Å². The van der Waals surface area contributed by atoms with Crippen molar-refractivity contribution >= 4 is 17.6 Å². The number of carbonyl (C=O) groups is 2. The Hall–Kier alpha value is -2.11. The normalized spacial score (nSPS) is 11.0. The third-order valence-electron chi connectivity index (χ3n) is 2.24. The summed E-state index contributed by atoms with van der Waals surface area (Å²) in [4.78, 5) is 21.7. The molecule has 1 amide bonds. The first-order valence-electron chi connectivity index (χ1n) is 4.85. The van der Waals surface area contributed by atoms with Crippen LogP contribution in [-0.2, 0) is 4.79 Å². The minimum absolute atomic E-state index is 0.00222. The average molecular weight is 240 g/mol. The predicted molar refractivity (Wildman–Crippen MR) is 60.3 cm³/mol. The zero-order chi connectivity index (χ0) is 13.2. The minimum atomic E-state index is -1.31. The van der Waals surface area contributed by atoms with E-state index in [1.807, 2.05) is 0 Å². The molecule has 4 N–H and O–H groups in total. The highest BCUT2D eigenvalue weighted by molar-refractivity contribution is 5.93. The van der Waals surface area contributed by atoms with Crippen molar-refractivity contribution in [2.24, 2.45) is 5.73 Å². The Morgan fingerprint density at radius 3 is 2.41 bits per heavy atom. The summed E-state index contributed by atoms with van der Waals surface area (Å²) in [6.45, 7) is 2.80. The van der Waals surface area contributed by atoms with Crippen LogP contribution in [0.25, 0.3) is 0 Å². The summed E-state index contributed by atoms with van der Waals surface area (Å²) in [5, 5.41) is 11.4. The number of rotatable bonds is 4. The van der Waals surface area contributed by atoms with Gasteiger partial charge in [0.15, 0.2) is 0 Å². The van der Waals surface area contributed by atoms with Crippen molar-refractivity contribution in [3.05, 3.63) is 29.6 Å². The molecule has 0 fully saturated rings. The van der Waals surface area contributed by atoms with Crippen LogP contribution in [0.3, 0.4) is 0 Å². The number of anilines is 1. The number of hydrogen-bond acceptors (Lipinski definition) is 3. The monoisotopic (exact) mass is 240 g/mol. The number of benzene rings is 1. The molecule has 1 aromatic rings. The Morgan fingerprint density at radius 1 is 1.41 bits per heavy atom. The van der Waals surface area contributed by atoms with Crippen molar-refractivity contribution in [1.29, 1.82) is 0 Å². The van der Waals surface area contributed by atoms with Gasteiger partial charge in [0.25, 0.3) is 0 Å². The lowest BCUT2D eigenvalue weighted by molar-refractivity contribution is -0.141. The summed E-state index contributed by atoms with van der Waals surface area (Å²) < 4.78 is 13.5. The fraction of sp³-hybridized carbons (Fsp3) is 0.273. The minimum Gasteiger partial charge on any atom is -0.480 e. The Kier molecular flexibility index (Phi) is 3.36. The third kappa shape index (κ3) is 2.93. The highest BCUT2D eigenvalue weighted by Gasteiger charge is 2.27. The zero-order valence-electron chi connectivity index (χ0n) is 9.45. The fourth-order valence-corrected chi connectivity index (χ4v) is 1.16. The Morgan fingerprint density at radius 2 is 2.00 bits per heavy atom. The molecule has 92 valence electrons. The van der Waals surface area contributed by atoms with E-state index < -0.39 is 23.2 Å². The second-order valence-electron chi connectivity index (χ2n) is 4.11. The van der Waals surface area contributed by atoms with Crippen molar-refractivity contribution in [3.8, 4) is 0 Å². The molecule has 5 nitrogen and oxygen atoms in total. The first kappa shape index (κ1) is 13.0. The Labute approximate surface area is 97.4 Å². The van der Waals surface area contributed by atoms with Crippen LogP contribution in [0.1, 0.15) is 24.2 Å². The largest absolute Gasteiger partial charge is 0.480 e. The molecule has 17 heavy (non-hydrogen) atoms. The molecule has 0 aliphatic rings. The van der Waals surface area contributed by atoms with Crippen LogP contribution >= 0.6 is 0 Å². The van der Waals surface area contributed by atoms with Gasteiger partial charge in [-0.05, 0) is 32.0 Å². The topological polar surface area (TPSA) is 92.4 Å². The van der Waals surface area contributed by atoms with Gasteiger partial charge < -0.3 is 16.2 Å². The molecule has 0 unspecified atom stereocenters. The molecule has 1 rings (SSSR count). The highest BCUT2D eigenvalue weighted by Crippen LogP contribution is 2.20. The third-order valence-corrected chi connectivity index (χ3v) is 2.24. The zero-order valence-corrected chi connectivity index (χ0v) is 9.45. The lowest BCUT2D eigenvalue weighted by Crippen LogP contribution is -2.40. The lowest BCUT2D eigenvalue weighted by atomic mass is 10.1. The second-order valence-corrected chi connectivity index (χ2v) is 4.11. The average Bonchev–Trinajstić information content (AvgIpc) is 2.20. The SMILES string of the molecule is CC(C)(Nc1ccc(C(N)=O)cc1F)C(=O)O. The number of carboxylic acid groups (broad SMARTS) is 1. The molecular weight excluding hydrogens is 227 g/mol. The summed E-state index contributed by atoms with van der Waals surface area (Å²) in [6.07, 6.45) is 0. The van der Waals surface area contributed by atoms with Crippen LogP contribution in [0.15, 0.2) is 18.2 Å². The van der Waals surface area contributed by atoms with E-state index in [0.29, 0.717) is 0 Å². The number of carbonyl (C=O) groups excluding carboxylic acids is 1. The second kappa shape index (κ2) is 4.40. The maximum Gasteiger partial charge on any atom is 0.328 e. The summed E-state index contributed by atoms with van der Waals surface area (Å²) in [7, 11) is 0. The summed E-state index contributed by atoms with van der Waals surface area (Å²) in [5.41, 5.74) is 3.71. The van der Waals surface area contributed by atoms with Gasteiger partial charge in [0.05, 0.1) is 5.69 Å². The van der Waals surface area contributed by atoms with Gasteiger partial charge in [0.2, 0.25) is 5.91 Å². The van der Waals surface area contributed by atoms with E-state index in [0.717, 1.165) is 6.07 Å². The van der Waals surface area contributed by atoms with E-state index in [1.165, 1.54) is 26.0 Å². The van der Waals surface area contributed by atoms with Crippen molar-refractivity contribution in [3.63, 3.8) is 0 Å². The summed E-state index contributed by atoms with van der Waals surface area (Å²) in [6, 6.07) is 3.56. The van der Waals surface area contributed by atoms with E-state index in [-0.39, 0.29) is 11.3 Å². The van der Waals surface area contributed by atoms with Gasteiger partial charge in [-0.15, -0.1) is 0 Å². The molecule has 0 radical (unpaired) electrons. The van der Waals surface area contributed by atoms with Crippen LogP contribution in [0, 0.1) is 5.82 Å². The van der Waals surface area contributed by atoms with E-state index in [1.54, 1.807) is 0 Å². The number of amides is 1. The van der Waals surface area contributed by atoms with Gasteiger partial charge in [-0.25, -0.2) is 9.18 Å². The number of nitrogens with one attached hydrogen (secondary N) is 1. The Balaban J connectivity index is 3.02. The molecule has 0 heterocycles. The molecule has 6 heteroatoms. The maximum atomic E-state index is 13.5. The van der Waals surface area contributed by atoms with Gasteiger partial charge in [-0.3, -0.25) is 4.79 Å². The van der Waals surface area contributed by atoms with E-state index in [4.69, 9.17) is 10.8 Å². The number of carboxylic acids is 1. The molecule has 0 aliphatic carbocycles. The van der Waals surface area contributed by atoms with Crippen LogP contribution in [0.5, 0.6) is 0 Å². The van der Waals surface area contributed by atoms with Crippen molar-refractivity contribution in [1.82, 2.24) is 0 Å². The van der Waals surface area contributed by atoms with Crippen LogP contribution in [0.4, 0.5) is 10.1 Å².